The molecular weight excluding hydrogens is 260 g/mol. The summed E-state index contributed by atoms with van der Waals surface area (Å²) in [7, 11) is -3.66. The molecule has 0 saturated carbocycles. The van der Waals surface area contributed by atoms with E-state index in [9.17, 15) is 13.2 Å². The lowest BCUT2D eigenvalue weighted by Crippen LogP contribution is -2.53. The molecule has 1 atom stereocenters. The van der Waals surface area contributed by atoms with E-state index in [2.05, 4.69) is 0 Å². The smallest absolute Gasteiger partial charge is 0.410 e. The first-order chi connectivity index (χ1) is 8.08. The van der Waals surface area contributed by atoms with E-state index in [4.69, 9.17) is 14.6 Å². The number of nitrogens with zero attached hydrogens (tertiary/aromatic N) is 1. The van der Waals surface area contributed by atoms with E-state index in [0.29, 0.717) is 13.2 Å². The van der Waals surface area contributed by atoms with Crippen molar-refractivity contribution in [2.75, 3.05) is 25.5 Å². The minimum absolute atomic E-state index is 0.148. The Labute approximate surface area is 107 Å². The Bertz CT molecular complexity index is 401. The minimum atomic E-state index is -3.66. The molecule has 0 aromatic carbocycles. The third-order valence-corrected chi connectivity index (χ3v) is 3.13. The van der Waals surface area contributed by atoms with E-state index in [1.165, 1.54) is 4.90 Å². The molecule has 0 bridgehead atoms. The summed E-state index contributed by atoms with van der Waals surface area (Å²) < 4.78 is 32.6. The molecule has 1 fully saturated rings. The molecule has 0 aromatic rings. The first kappa shape index (κ1) is 15.2. The standard InChI is InChI=1S/C10H20N2O5S/c1-10(2,3)17-9(13)12-4-5-16-6-8(12)7-18(11,14)15/h8H,4-7H2,1-3H3,(H2,11,14,15). The lowest BCUT2D eigenvalue weighted by atomic mass is 10.2. The number of nitrogens with two attached hydrogens (primary N) is 1. The summed E-state index contributed by atoms with van der Waals surface area (Å²) >= 11 is 0. The highest BCUT2D eigenvalue weighted by atomic mass is 32.2. The maximum Gasteiger partial charge on any atom is 0.410 e. The van der Waals surface area contributed by atoms with Gasteiger partial charge in [0, 0.05) is 6.54 Å². The predicted octanol–water partition coefficient (Wildman–Crippen LogP) is -0.0892. The van der Waals surface area contributed by atoms with Crippen LogP contribution in [0.4, 0.5) is 4.79 Å². The third-order valence-electron chi connectivity index (χ3n) is 2.28. The Morgan fingerprint density at radius 1 is 1.50 bits per heavy atom. The van der Waals surface area contributed by atoms with Crippen LogP contribution in [0, 0.1) is 0 Å². The quantitative estimate of drug-likeness (QED) is 0.762. The summed E-state index contributed by atoms with van der Waals surface area (Å²) in [6, 6.07) is -0.594. The van der Waals surface area contributed by atoms with Crippen LogP contribution in [0.3, 0.4) is 0 Å². The Balaban J connectivity index is 2.73. The van der Waals surface area contributed by atoms with Gasteiger partial charge in [-0.05, 0) is 20.8 Å². The minimum Gasteiger partial charge on any atom is -0.444 e. The molecule has 1 unspecified atom stereocenters. The lowest BCUT2D eigenvalue weighted by molar-refractivity contribution is -0.0270. The van der Waals surface area contributed by atoms with E-state index in [1.54, 1.807) is 20.8 Å². The molecular formula is C10H20N2O5S. The fraction of sp³-hybridized carbons (Fsp3) is 0.900. The topological polar surface area (TPSA) is 98.9 Å². The zero-order valence-corrected chi connectivity index (χ0v) is 11.7. The molecule has 0 aliphatic carbocycles. The van der Waals surface area contributed by atoms with E-state index in [1.807, 2.05) is 0 Å². The van der Waals surface area contributed by atoms with Crippen LogP contribution in [0.5, 0.6) is 0 Å². The predicted molar refractivity (Wildman–Crippen MR) is 65.5 cm³/mol. The zero-order chi connectivity index (χ0) is 14.0. The number of carbonyl (C=O) groups is 1. The number of hydrogen-bond acceptors (Lipinski definition) is 5. The molecule has 1 aliphatic rings. The summed E-state index contributed by atoms with van der Waals surface area (Å²) in [5.74, 6) is -0.327. The van der Waals surface area contributed by atoms with Gasteiger partial charge in [-0.25, -0.2) is 18.4 Å². The third kappa shape index (κ3) is 5.19. The van der Waals surface area contributed by atoms with Crippen molar-refractivity contribution in [2.24, 2.45) is 5.14 Å². The van der Waals surface area contributed by atoms with Crippen LogP contribution in [0.25, 0.3) is 0 Å². The van der Waals surface area contributed by atoms with Crippen molar-refractivity contribution in [2.45, 2.75) is 32.4 Å². The number of hydrogen-bond donors (Lipinski definition) is 1. The molecule has 18 heavy (non-hydrogen) atoms. The zero-order valence-electron chi connectivity index (χ0n) is 10.9. The molecule has 1 heterocycles. The molecule has 2 N–H and O–H groups in total. The van der Waals surface area contributed by atoms with E-state index in [-0.39, 0.29) is 12.4 Å². The van der Waals surface area contributed by atoms with Crippen molar-refractivity contribution in [1.29, 1.82) is 0 Å². The Morgan fingerprint density at radius 3 is 2.61 bits per heavy atom. The molecule has 1 aliphatic heterocycles. The SMILES string of the molecule is CC(C)(C)OC(=O)N1CCOCC1CS(N)(=O)=O. The van der Waals surface area contributed by atoms with E-state index in [0.717, 1.165) is 0 Å². The summed E-state index contributed by atoms with van der Waals surface area (Å²) in [6.07, 6.45) is -0.542. The Hall–Kier alpha value is -0.860. The molecule has 8 heteroatoms. The fourth-order valence-corrected chi connectivity index (χ4v) is 2.43. The number of ether oxygens (including phenoxy) is 2. The molecule has 0 spiro atoms. The lowest BCUT2D eigenvalue weighted by Gasteiger charge is -2.36. The highest BCUT2D eigenvalue weighted by Gasteiger charge is 2.33. The average Bonchev–Trinajstić information content (AvgIpc) is 2.12. The second kappa shape index (κ2) is 5.41. The first-order valence-electron chi connectivity index (χ1n) is 5.66. The highest BCUT2D eigenvalue weighted by Crippen LogP contribution is 2.15. The van der Waals surface area contributed by atoms with Gasteiger partial charge in [-0.15, -0.1) is 0 Å². The number of primary sulfonamides is 1. The molecule has 1 saturated heterocycles. The first-order valence-corrected chi connectivity index (χ1v) is 7.38. The van der Waals surface area contributed by atoms with Gasteiger partial charge in [-0.1, -0.05) is 0 Å². The molecule has 0 aromatic heterocycles. The molecule has 1 rings (SSSR count). The Morgan fingerprint density at radius 2 is 2.11 bits per heavy atom. The van der Waals surface area contributed by atoms with Crippen LogP contribution >= 0.6 is 0 Å². The van der Waals surface area contributed by atoms with Gasteiger partial charge in [0.1, 0.15) is 5.60 Å². The molecule has 7 nitrogen and oxygen atoms in total. The monoisotopic (exact) mass is 280 g/mol. The van der Waals surface area contributed by atoms with Crippen molar-refractivity contribution in [3.8, 4) is 0 Å². The van der Waals surface area contributed by atoms with Crippen molar-refractivity contribution in [3.05, 3.63) is 0 Å². The van der Waals surface area contributed by atoms with Gasteiger partial charge in [0.15, 0.2) is 0 Å². The second-order valence-electron chi connectivity index (χ2n) is 5.23. The van der Waals surface area contributed by atoms with Crippen LogP contribution in [-0.2, 0) is 19.5 Å². The number of carbonyl (C=O) groups excluding carboxylic acids is 1. The second-order valence-corrected chi connectivity index (χ2v) is 6.89. The largest absolute Gasteiger partial charge is 0.444 e. The van der Waals surface area contributed by atoms with E-state index >= 15 is 0 Å². The van der Waals surface area contributed by atoms with Gasteiger partial charge in [0.25, 0.3) is 0 Å². The molecule has 106 valence electrons. The summed E-state index contributed by atoms with van der Waals surface area (Å²) in [6.45, 7) is 6.06. The fourth-order valence-electron chi connectivity index (χ4n) is 1.62. The summed E-state index contributed by atoms with van der Waals surface area (Å²) in [5, 5.41) is 4.99. The van der Waals surface area contributed by atoms with Crippen LogP contribution in [0.15, 0.2) is 0 Å². The normalized spacial score (nSPS) is 21.8. The Kier molecular flexibility index (Phi) is 4.57. The van der Waals surface area contributed by atoms with Crippen LogP contribution in [0.2, 0.25) is 0 Å². The van der Waals surface area contributed by atoms with E-state index < -0.39 is 27.8 Å². The van der Waals surface area contributed by atoms with Gasteiger partial charge in [-0.2, -0.15) is 0 Å². The number of amides is 1. The van der Waals surface area contributed by atoms with Crippen molar-refractivity contribution < 1.29 is 22.7 Å². The van der Waals surface area contributed by atoms with Gasteiger partial charge >= 0.3 is 6.09 Å². The van der Waals surface area contributed by atoms with Gasteiger partial charge in [-0.3, -0.25) is 4.90 Å². The maximum absolute atomic E-state index is 11.9. The van der Waals surface area contributed by atoms with Gasteiger partial charge in [0.2, 0.25) is 10.0 Å². The van der Waals surface area contributed by atoms with Gasteiger partial charge in [0.05, 0.1) is 25.0 Å². The van der Waals surface area contributed by atoms with Crippen molar-refractivity contribution in [1.82, 2.24) is 4.90 Å². The van der Waals surface area contributed by atoms with Crippen molar-refractivity contribution in [3.63, 3.8) is 0 Å². The number of sulfonamides is 1. The van der Waals surface area contributed by atoms with Crippen molar-refractivity contribution >= 4 is 16.1 Å². The molecule has 0 radical (unpaired) electrons. The summed E-state index contributed by atoms with van der Waals surface area (Å²) in [4.78, 5) is 13.3. The van der Waals surface area contributed by atoms with Crippen LogP contribution < -0.4 is 5.14 Å². The molecule has 1 amide bonds. The maximum atomic E-state index is 11.9. The number of rotatable bonds is 2. The highest BCUT2D eigenvalue weighted by molar-refractivity contribution is 7.89. The van der Waals surface area contributed by atoms with Crippen LogP contribution in [-0.4, -0.2) is 56.6 Å². The number of morpholine rings is 1. The summed E-state index contributed by atoms with van der Waals surface area (Å²) in [5.41, 5.74) is -0.623. The average molecular weight is 280 g/mol. The van der Waals surface area contributed by atoms with Gasteiger partial charge < -0.3 is 9.47 Å². The van der Waals surface area contributed by atoms with Crippen LogP contribution in [0.1, 0.15) is 20.8 Å².